The monoisotopic (exact) mass is 367 g/mol. The predicted octanol–water partition coefficient (Wildman–Crippen LogP) is 2.76. The second-order valence-corrected chi connectivity index (χ2v) is 6.17. The lowest BCUT2D eigenvalue weighted by Gasteiger charge is -2.28. The molecule has 1 heterocycles. The second-order valence-electron chi connectivity index (χ2n) is 6.17. The van der Waals surface area contributed by atoms with Gasteiger partial charge in [0.2, 0.25) is 5.91 Å². The molecule has 2 aromatic rings. The molecule has 0 unspecified atom stereocenters. The van der Waals surface area contributed by atoms with Gasteiger partial charge in [-0.15, -0.1) is 0 Å². The number of nitrogens with one attached hydrogen (secondary N) is 1. The van der Waals surface area contributed by atoms with E-state index in [1.54, 1.807) is 18.2 Å². The first kappa shape index (κ1) is 18.6. The highest BCUT2D eigenvalue weighted by atomic mass is 16.6. The van der Waals surface area contributed by atoms with Crippen molar-refractivity contribution in [2.45, 2.75) is 6.54 Å². The Morgan fingerprint density at radius 3 is 2.41 bits per heavy atom. The number of carbonyl (C=O) groups is 1. The van der Waals surface area contributed by atoms with E-state index in [4.69, 9.17) is 4.74 Å². The van der Waals surface area contributed by atoms with Gasteiger partial charge in [-0.05, 0) is 41.5 Å². The normalized spacial score (nSPS) is 14.3. The number of nitrogens with zero attached hydrogens (tertiary/aromatic N) is 2. The van der Waals surface area contributed by atoms with Crippen LogP contribution >= 0.6 is 0 Å². The lowest BCUT2D eigenvalue weighted by molar-refractivity contribution is -0.384. The van der Waals surface area contributed by atoms with E-state index in [9.17, 15) is 14.9 Å². The lowest BCUT2D eigenvalue weighted by Crippen LogP contribution is -2.36. The Hall–Kier alpha value is -3.19. The number of ether oxygens (including phenoxy) is 1. The first-order chi connectivity index (χ1) is 13.1. The van der Waals surface area contributed by atoms with Crippen LogP contribution in [0, 0.1) is 10.1 Å². The summed E-state index contributed by atoms with van der Waals surface area (Å²) in [6, 6.07) is 14.1. The van der Waals surface area contributed by atoms with Crippen molar-refractivity contribution in [3.8, 4) is 0 Å². The van der Waals surface area contributed by atoms with Crippen LogP contribution in [-0.4, -0.2) is 37.1 Å². The molecule has 0 aromatic heterocycles. The van der Waals surface area contributed by atoms with Gasteiger partial charge in [-0.2, -0.15) is 0 Å². The molecule has 0 radical (unpaired) electrons. The zero-order valence-corrected chi connectivity index (χ0v) is 14.8. The highest BCUT2D eigenvalue weighted by molar-refractivity contribution is 5.91. The van der Waals surface area contributed by atoms with Gasteiger partial charge in [0.05, 0.1) is 18.1 Å². The molecule has 2 aromatic carbocycles. The maximum atomic E-state index is 12.0. The first-order valence-corrected chi connectivity index (χ1v) is 8.74. The van der Waals surface area contributed by atoms with Crippen molar-refractivity contribution < 1.29 is 14.5 Å². The van der Waals surface area contributed by atoms with Gasteiger partial charge in [0.1, 0.15) is 0 Å². The highest BCUT2D eigenvalue weighted by Crippen LogP contribution is 2.16. The van der Waals surface area contributed by atoms with Gasteiger partial charge in [-0.3, -0.25) is 14.9 Å². The van der Waals surface area contributed by atoms with E-state index < -0.39 is 4.92 Å². The van der Waals surface area contributed by atoms with Crippen LogP contribution in [0.25, 0.3) is 6.08 Å². The van der Waals surface area contributed by atoms with E-state index in [-0.39, 0.29) is 11.6 Å². The van der Waals surface area contributed by atoms with E-state index in [2.05, 4.69) is 22.3 Å². The average molecular weight is 367 g/mol. The van der Waals surface area contributed by atoms with Crippen LogP contribution in [0.5, 0.6) is 0 Å². The summed E-state index contributed by atoms with van der Waals surface area (Å²) in [5.41, 5.74) is 2.93. The first-order valence-electron chi connectivity index (χ1n) is 8.74. The van der Waals surface area contributed by atoms with E-state index in [1.807, 2.05) is 12.1 Å². The predicted molar refractivity (Wildman–Crippen MR) is 103 cm³/mol. The Balaban J connectivity index is 1.49. The smallest absolute Gasteiger partial charge is 0.269 e. The number of morpholine rings is 1. The number of benzene rings is 2. The topological polar surface area (TPSA) is 84.7 Å². The third-order valence-electron chi connectivity index (χ3n) is 4.31. The number of nitro benzene ring substituents is 1. The van der Waals surface area contributed by atoms with Crippen LogP contribution in [0.2, 0.25) is 0 Å². The third-order valence-corrected chi connectivity index (χ3v) is 4.31. The second kappa shape index (κ2) is 8.95. The Bertz CT molecular complexity index is 810. The van der Waals surface area contributed by atoms with E-state index in [1.165, 1.54) is 18.2 Å². The van der Waals surface area contributed by atoms with Crippen molar-refractivity contribution in [2.75, 3.05) is 31.2 Å². The zero-order chi connectivity index (χ0) is 19.1. The molecule has 7 nitrogen and oxygen atoms in total. The fourth-order valence-corrected chi connectivity index (χ4v) is 2.77. The van der Waals surface area contributed by atoms with Crippen molar-refractivity contribution in [3.05, 3.63) is 75.8 Å². The Labute approximate surface area is 157 Å². The summed E-state index contributed by atoms with van der Waals surface area (Å²) < 4.78 is 5.36. The van der Waals surface area contributed by atoms with Gasteiger partial charge in [-0.1, -0.05) is 12.1 Å². The molecule has 0 aliphatic carbocycles. The molecule has 1 saturated heterocycles. The van der Waals surface area contributed by atoms with E-state index in [0.29, 0.717) is 6.54 Å². The molecule has 1 fully saturated rings. The van der Waals surface area contributed by atoms with Crippen LogP contribution in [0.15, 0.2) is 54.6 Å². The Morgan fingerprint density at radius 1 is 1.11 bits per heavy atom. The van der Waals surface area contributed by atoms with Gasteiger partial charge in [0, 0.05) is 43.5 Å². The van der Waals surface area contributed by atoms with Crippen LogP contribution in [0.1, 0.15) is 11.1 Å². The zero-order valence-electron chi connectivity index (χ0n) is 14.8. The fraction of sp³-hybridized carbons (Fsp3) is 0.250. The number of non-ortho nitro benzene ring substituents is 1. The summed E-state index contributed by atoms with van der Waals surface area (Å²) in [6.07, 6.45) is 3.05. The van der Waals surface area contributed by atoms with Gasteiger partial charge in [0.25, 0.3) is 5.69 Å². The summed E-state index contributed by atoms with van der Waals surface area (Å²) in [6.45, 7) is 3.72. The number of carbonyl (C=O) groups excluding carboxylic acids is 1. The molecule has 1 aliphatic heterocycles. The number of hydrogen-bond acceptors (Lipinski definition) is 5. The minimum absolute atomic E-state index is 0.0251. The molecule has 7 heteroatoms. The SMILES string of the molecule is O=C(/C=C/c1ccc([N+](=O)[O-])cc1)NCc1ccc(N2CCOCC2)cc1. The van der Waals surface area contributed by atoms with Gasteiger partial charge in [-0.25, -0.2) is 0 Å². The number of amides is 1. The van der Waals surface area contributed by atoms with Crippen molar-refractivity contribution in [1.29, 1.82) is 0 Å². The van der Waals surface area contributed by atoms with Crippen LogP contribution in [-0.2, 0) is 16.1 Å². The minimum atomic E-state index is -0.454. The average Bonchev–Trinajstić information content (AvgIpc) is 2.72. The number of nitro groups is 1. The summed E-state index contributed by atoms with van der Waals surface area (Å²) in [4.78, 5) is 24.4. The third kappa shape index (κ3) is 5.39. The van der Waals surface area contributed by atoms with Gasteiger partial charge in [0.15, 0.2) is 0 Å². The largest absolute Gasteiger partial charge is 0.378 e. The number of anilines is 1. The Morgan fingerprint density at radius 2 is 1.78 bits per heavy atom. The molecule has 140 valence electrons. The molecular weight excluding hydrogens is 346 g/mol. The minimum Gasteiger partial charge on any atom is -0.378 e. The van der Waals surface area contributed by atoms with E-state index in [0.717, 1.165) is 43.1 Å². The van der Waals surface area contributed by atoms with Crippen molar-refractivity contribution in [3.63, 3.8) is 0 Å². The molecule has 0 atom stereocenters. The van der Waals surface area contributed by atoms with Gasteiger partial charge >= 0.3 is 0 Å². The van der Waals surface area contributed by atoms with Crippen LogP contribution in [0.3, 0.4) is 0 Å². The molecule has 1 N–H and O–H groups in total. The van der Waals surface area contributed by atoms with Crippen molar-refractivity contribution >= 4 is 23.4 Å². The summed E-state index contributed by atoms with van der Waals surface area (Å²) >= 11 is 0. The molecule has 0 saturated carbocycles. The molecule has 27 heavy (non-hydrogen) atoms. The molecule has 1 aliphatic rings. The maximum Gasteiger partial charge on any atom is 0.269 e. The molecular formula is C20H21N3O4. The maximum absolute atomic E-state index is 12.0. The van der Waals surface area contributed by atoms with E-state index >= 15 is 0 Å². The van der Waals surface area contributed by atoms with Gasteiger partial charge < -0.3 is 15.0 Å². The number of rotatable bonds is 6. The standard InChI is InChI=1S/C20H21N3O4/c24-20(10-5-16-1-8-19(9-2-16)23(25)26)21-15-17-3-6-18(7-4-17)22-11-13-27-14-12-22/h1-10H,11-15H2,(H,21,24)/b10-5+. The van der Waals surface area contributed by atoms with Crippen LogP contribution in [0.4, 0.5) is 11.4 Å². The lowest BCUT2D eigenvalue weighted by atomic mass is 10.1. The Kier molecular flexibility index (Phi) is 6.17. The van der Waals surface area contributed by atoms with Crippen molar-refractivity contribution in [2.24, 2.45) is 0 Å². The molecule has 0 bridgehead atoms. The number of hydrogen-bond donors (Lipinski definition) is 1. The summed E-state index contributed by atoms with van der Waals surface area (Å²) in [5.74, 6) is -0.217. The molecule has 3 rings (SSSR count). The fourth-order valence-electron chi connectivity index (χ4n) is 2.77. The highest BCUT2D eigenvalue weighted by Gasteiger charge is 2.10. The molecule has 0 spiro atoms. The van der Waals surface area contributed by atoms with Crippen molar-refractivity contribution in [1.82, 2.24) is 5.32 Å². The molecule has 1 amide bonds. The summed E-state index contributed by atoms with van der Waals surface area (Å²) in [5, 5.41) is 13.5. The quantitative estimate of drug-likeness (QED) is 0.482. The van der Waals surface area contributed by atoms with Crippen LogP contribution < -0.4 is 10.2 Å². The summed E-state index contributed by atoms with van der Waals surface area (Å²) in [7, 11) is 0.